The second kappa shape index (κ2) is 12.0. The molecular weight excluding hydrogens is 338 g/mol. The summed E-state index contributed by atoms with van der Waals surface area (Å²) in [4.78, 5) is 4.27. The van der Waals surface area contributed by atoms with Crippen molar-refractivity contribution < 1.29 is 9.84 Å². The van der Waals surface area contributed by atoms with E-state index in [9.17, 15) is 5.11 Å². The molecule has 3 N–H and O–H groups in total. The maximum Gasteiger partial charge on any atom is 0.191 e. The van der Waals surface area contributed by atoms with Crippen LogP contribution in [0.25, 0.3) is 0 Å². The Morgan fingerprint density at radius 3 is 2.63 bits per heavy atom. The van der Waals surface area contributed by atoms with Crippen molar-refractivity contribution in [2.24, 2.45) is 4.99 Å². The summed E-state index contributed by atoms with van der Waals surface area (Å²) in [6.45, 7) is 4.34. The van der Waals surface area contributed by atoms with Gasteiger partial charge in [0.15, 0.2) is 5.96 Å². The highest BCUT2D eigenvalue weighted by molar-refractivity contribution is 5.79. The van der Waals surface area contributed by atoms with Crippen molar-refractivity contribution in [3.8, 4) is 5.75 Å². The molecule has 0 saturated carbocycles. The van der Waals surface area contributed by atoms with E-state index in [4.69, 9.17) is 4.74 Å². The molecule has 0 spiro atoms. The van der Waals surface area contributed by atoms with Crippen molar-refractivity contribution in [3.63, 3.8) is 0 Å². The normalized spacial score (nSPS) is 12.5. The molecule has 5 heteroatoms. The van der Waals surface area contributed by atoms with E-state index in [0.717, 1.165) is 43.3 Å². The van der Waals surface area contributed by atoms with Crippen molar-refractivity contribution in [3.05, 3.63) is 65.7 Å². The van der Waals surface area contributed by atoms with Crippen LogP contribution in [-0.4, -0.2) is 44.4 Å². The molecule has 5 nitrogen and oxygen atoms in total. The highest BCUT2D eigenvalue weighted by Crippen LogP contribution is 2.14. The average Bonchev–Trinajstić information content (AvgIpc) is 2.72. The van der Waals surface area contributed by atoms with Crippen LogP contribution in [0.15, 0.2) is 59.6 Å². The van der Waals surface area contributed by atoms with Gasteiger partial charge in [-0.2, -0.15) is 0 Å². The Labute approximate surface area is 162 Å². The number of ether oxygens (including phenoxy) is 1. The Morgan fingerprint density at radius 2 is 1.93 bits per heavy atom. The molecule has 0 heterocycles. The van der Waals surface area contributed by atoms with Crippen LogP contribution in [0.3, 0.4) is 0 Å². The van der Waals surface area contributed by atoms with Crippen molar-refractivity contribution in [2.45, 2.75) is 25.7 Å². The lowest BCUT2D eigenvalue weighted by Crippen LogP contribution is -2.40. The number of benzene rings is 2. The van der Waals surface area contributed by atoms with Gasteiger partial charge in [0, 0.05) is 26.1 Å². The summed E-state index contributed by atoms with van der Waals surface area (Å²) in [5.41, 5.74) is 2.34. The third kappa shape index (κ3) is 7.31. The van der Waals surface area contributed by atoms with Crippen LogP contribution in [0.4, 0.5) is 0 Å². The summed E-state index contributed by atoms with van der Waals surface area (Å²) < 4.78 is 5.68. The molecule has 2 aromatic rings. The monoisotopic (exact) mass is 369 g/mol. The first kappa shape index (κ1) is 20.8. The molecule has 2 aromatic carbocycles. The van der Waals surface area contributed by atoms with Crippen LogP contribution in [-0.2, 0) is 6.42 Å². The molecule has 1 atom stereocenters. The fourth-order valence-corrected chi connectivity index (χ4v) is 2.79. The van der Waals surface area contributed by atoms with Crippen LogP contribution in [0.5, 0.6) is 5.75 Å². The van der Waals surface area contributed by atoms with Gasteiger partial charge in [-0.1, -0.05) is 49.4 Å². The van der Waals surface area contributed by atoms with E-state index in [1.807, 2.05) is 42.5 Å². The van der Waals surface area contributed by atoms with Crippen LogP contribution in [0.1, 0.15) is 30.4 Å². The average molecular weight is 370 g/mol. The van der Waals surface area contributed by atoms with Gasteiger partial charge in [0.2, 0.25) is 0 Å². The number of hydrogen-bond donors (Lipinski definition) is 3. The molecular formula is C22H31N3O2. The van der Waals surface area contributed by atoms with Gasteiger partial charge in [-0.25, -0.2) is 0 Å². The van der Waals surface area contributed by atoms with Gasteiger partial charge in [-0.05, 0) is 36.1 Å². The second-order valence-corrected chi connectivity index (χ2v) is 6.42. The first-order chi connectivity index (χ1) is 13.3. The fraction of sp³-hybridized carbons (Fsp3) is 0.409. The number of nitrogens with one attached hydrogen (secondary N) is 2. The molecule has 2 rings (SSSR count). The van der Waals surface area contributed by atoms with Crippen LogP contribution >= 0.6 is 0 Å². The number of rotatable bonds is 10. The number of guanidine groups is 1. The molecule has 146 valence electrons. The summed E-state index contributed by atoms with van der Waals surface area (Å²) in [6.07, 6.45) is 1.89. The third-order valence-corrected chi connectivity index (χ3v) is 4.31. The predicted octanol–water partition coefficient (Wildman–Crippen LogP) is 2.96. The molecule has 0 aromatic heterocycles. The summed E-state index contributed by atoms with van der Waals surface area (Å²) in [5, 5.41) is 16.3. The summed E-state index contributed by atoms with van der Waals surface area (Å²) >= 11 is 0. The maximum atomic E-state index is 9.67. The lowest BCUT2D eigenvalue weighted by Gasteiger charge is -2.18. The quantitative estimate of drug-likeness (QED) is 0.445. The lowest BCUT2D eigenvalue weighted by molar-refractivity contribution is 0.265. The minimum atomic E-state index is 0.0390. The van der Waals surface area contributed by atoms with E-state index in [1.54, 1.807) is 7.05 Å². The van der Waals surface area contributed by atoms with E-state index in [1.165, 1.54) is 5.56 Å². The fourth-order valence-electron chi connectivity index (χ4n) is 2.79. The molecule has 0 radical (unpaired) electrons. The highest BCUT2D eigenvalue weighted by atomic mass is 16.5. The zero-order chi connectivity index (χ0) is 19.3. The Hall–Kier alpha value is -2.53. The van der Waals surface area contributed by atoms with Gasteiger partial charge in [0.25, 0.3) is 0 Å². The van der Waals surface area contributed by atoms with Gasteiger partial charge in [0.05, 0.1) is 13.2 Å². The molecule has 0 bridgehead atoms. The highest BCUT2D eigenvalue weighted by Gasteiger charge is 2.10. The molecule has 0 aliphatic rings. The number of aliphatic imine (C=N–C) groups is 1. The summed E-state index contributed by atoms with van der Waals surface area (Å²) in [7, 11) is 1.75. The Kier molecular flexibility index (Phi) is 9.21. The van der Waals surface area contributed by atoms with E-state index < -0.39 is 0 Å². The smallest absolute Gasteiger partial charge is 0.191 e. The van der Waals surface area contributed by atoms with Crippen molar-refractivity contribution in [1.82, 2.24) is 10.6 Å². The number of nitrogens with zero attached hydrogens (tertiary/aromatic N) is 1. The predicted molar refractivity (Wildman–Crippen MR) is 112 cm³/mol. The van der Waals surface area contributed by atoms with Crippen molar-refractivity contribution in [1.29, 1.82) is 0 Å². The van der Waals surface area contributed by atoms with Gasteiger partial charge in [-0.15, -0.1) is 0 Å². The summed E-state index contributed by atoms with van der Waals surface area (Å²) in [6, 6.07) is 18.2. The summed E-state index contributed by atoms with van der Waals surface area (Å²) in [5.74, 6) is 1.70. The molecule has 0 aliphatic heterocycles. The first-order valence-electron chi connectivity index (χ1n) is 9.58. The van der Waals surface area contributed by atoms with Gasteiger partial charge in [-0.3, -0.25) is 4.99 Å². The largest absolute Gasteiger partial charge is 0.494 e. The molecule has 0 fully saturated rings. The van der Waals surface area contributed by atoms with Crippen LogP contribution in [0, 0.1) is 0 Å². The minimum absolute atomic E-state index is 0.0390. The number of aliphatic hydroxyl groups is 1. The minimum Gasteiger partial charge on any atom is -0.494 e. The van der Waals surface area contributed by atoms with E-state index in [0.29, 0.717) is 6.54 Å². The standard InChI is InChI=1S/C22H31N3O2/c1-3-14-27-21-11-7-8-18(15-21)12-13-24-22(23-2)25-16-20(17-26)19-9-5-4-6-10-19/h4-11,15,20,26H,3,12-14,16-17H2,1-2H3,(H2,23,24,25). The van der Waals surface area contributed by atoms with Gasteiger partial charge >= 0.3 is 0 Å². The van der Waals surface area contributed by atoms with Crippen molar-refractivity contribution in [2.75, 3.05) is 33.4 Å². The lowest BCUT2D eigenvalue weighted by atomic mass is 10.0. The van der Waals surface area contributed by atoms with Gasteiger partial charge in [0.1, 0.15) is 5.75 Å². The van der Waals surface area contributed by atoms with Crippen LogP contribution in [0.2, 0.25) is 0 Å². The second-order valence-electron chi connectivity index (χ2n) is 6.42. The van der Waals surface area contributed by atoms with Gasteiger partial charge < -0.3 is 20.5 Å². The van der Waals surface area contributed by atoms with Crippen molar-refractivity contribution >= 4 is 5.96 Å². The molecule has 0 saturated heterocycles. The zero-order valence-corrected chi connectivity index (χ0v) is 16.3. The SMILES string of the molecule is CCCOc1cccc(CCNC(=NC)NCC(CO)c2ccccc2)c1. The van der Waals surface area contributed by atoms with Crippen LogP contribution < -0.4 is 15.4 Å². The Morgan fingerprint density at radius 1 is 1.11 bits per heavy atom. The third-order valence-electron chi connectivity index (χ3n) is 4.31. The molecule has 0 aliphatic carbocycles. The number of aliphatic hydroxyl groups excluding tert-OH is 1. The van der Waals surface area contributed by atoms with E-state index >= 15 is 0 Å². The topological polar surface area (TPSA) is 65.9 Å². The first-order valence-corrected chi connectivity index (χ1v) is 9.58. The van der Waals surface area contributed by atoms with E-state index in [-0.39, 0.29) is 12.5 Å². The molecule has 27 heavy (non-hydrogen) atoms. The zero-order valence-electron chi connectivity index (χ0n) is 16.3. The maximum absolute atomic E-state index is 9.67. The Bertz CT molecular complexity index is 689. The van der Waals surface area contributed by atoms with E-state index in [2.05, 4.69) is 34.7 Å². The Balaban J connectivity index is 1.78. The molecule has 0 amide bonds. The molecule has 1 unspecified atom stereocenters. The number of hydrogen-bond acceptors (Lipinski definition) is 3.